The molecule has 0 aromatic rings. The number of unbranched alkanes of at least 4 members (excludes halogenated alkanes) is 47. The molecule has 0 spiro atoms. The summed E-state index contributed by atoms with van der Waals surface area (Å²) in [6.45, 7) is 9.61. The number of aliphatic hydroxyl groups is 1. The van der Waals surface area contributed by atoms with E-state index in [0.29, 0.717) is 25.7 Å². The van der Waals surface area contributed by atoms with Crippen molar-refractivity contribution in [3.63, 3.8) is 0 Å². The number of allylic oxidation sites excluding steroid dienone is 4. The molecule has 17 nitrogen and oxygen atoms in total. The lowest BCUT2D eigenvalue weighted by molar-refractivity contribution is -0.161. The third kappa shape index (κ3) is 75.8. The van der Waals surface area contributed by atoms with Gasteiger partial charge in [-0.1, -0.05) is 361 Å². The van der Waals surface area contributed by atoms with Crippen molar-refractivity contribution in [1.29, 1.82) is 0 Å². The molecule has 0 aliphatic carbocycles. The first kappa shape index (κ1) is 99.5. The van der Waals surface area contributed by atoms with Crippen LogP contribution in [-0.2, 0) is 65.4 Å². The fraction of sp³-hybridized carbons (Fsp3) is 0.904. The van der Waals surface area contributed by atoms with Crippen molar-refractivity contribution in [2.45, 2.75) is 432 Å². The van der Waals surface area contributed by atoms with E-state index >= 15 is 0 Å². The minimum atomic E-state index is -4.97. The molecule has 102 heavy (non-hydrogen) atoms. The molecule has 2 unspecified atom stereocenters. The van der Waals surface area contributed by atoms with E-state index < -0.39 is 97.5 Å². The highest BCUT2D eigenvalue weighted by Gasteiger charge is 2.30. The second-order valence-electron chi connectivity index (χ2n) is 30.1. The molecule has 0 radical (unpaired) electrons. The molecule has 5 atom stereocenters. The van der Waals surface area contributed by atoms with Crippen molar-refractivity contribution in [3.05, 3.63) is 24.3 Å². The molecule has 0 aliphatic rings. The first-order valence-electron chi connectivity index (χ1n) is 42.3. The molecular formula is C83H158O17P2. The molecule has 3 N–H and O–H groups in total. The van der Waals surface area contributed by atoms with Gasteiger partial charge in [-0.2, -0.15) is 0 Å². The molecule has 0 saturated heterocycles. The first-order valence-corrected chi connectivity index (χ1v) is 45.3. The Balaban J connectivity index is 5.27. The second kappa shape index (κ2) is 74.0. The van der Waals surface area contributed by atoms with Gasteiger partial charge in [0, 0.05) is 25.7 Å². The maximum absolute atomic E-state index is 13.1. The number of carbonyl (C=O) groups is 4. The van der Waals surface area contributed by atoms with Crippen LogP contribution in [0.5, 0.6) is 0 Å². The molecule has 602 valence electrons. The normalized spacial score (nSPS) is 14.0. The van der Waals surface area contributed by atoms with Crippen LogP contribution in [0.25, 0.3) is 0 Å². The Hall–Kier alpha value is -2.46. The Kier molecular flexibility index (Phi) is 72.2. The summed E-state index contributed by atoms with van der Waals surface area (Å²) in [6, 6.07) is 0. The molecule has 19 heteroatoms. The highest BCUT2D eigenvalue weighted by Crippen LogP contribution is 2.45. The van der Waals surface area contributed by atoms with E-state index in [4.69, 9.17) is 37.0 Å². The number of rotatable bonds is 80. The Morgan fingerprint density at radius 3 is 0.804 bits per heavy atom. The van der Waals surface area contributed by atoms with Crippen LogP contribution in [0.1, 0.15) is 414 Å². The average Bonchev–Trinajstić information content (AvgIpc) is 0.944. The summed E-state index contributed by atoms with van der Waals surface area (Å²) in [4.78, 5) is 73.1. The van der Waals surface area contributed by atoms with Gasteiger partial charge in [0.25, 0.3) is 0 Å². The molecule has 0 aromatic heterocycles. The third-order valence-electron chi connectivity index (χ3n) is 18.8. The van der Waals surface area contributed by atoms with Crippen molar-refractivity contribution in [3.8, 4) is 0 Å². The molecule has 0 saturated carbocycles. The standard InChI is InChI=1S/C83H158O17P2/c1-7-9-11-13-15-17-19-21-26-31-35-42-48-54-60-66-81(86)94-71-78(99-82(87)67-61-55-49-43-36-32-28-25-23-22-24-27-30-33-39-45-51-57-63-75(3)4)73-97-101(89,90)95-69-77(84)70-96-102(91,92)98-74-79(100-83(88)68-62-56-50-44-38-37-40-46-52-58-64-76(5)6)72-93-80(85)65-59-53-47-41-34-29-20-18-16-14-12-10-8-2/h17,19,21,26,75-79,84H,7-16,18,20,22-25,27-74H2,1-6H3,(H,89,90)(H,91,92)/b19-17-,26-21-/t77-,78-,79-/m1/s1. The Morgan fingerprint density at radius 2 is 0.529 bits per heavy atom. The molecule has 0 aromatic carbocycles. The number of carbonyl (C=O) groups excluding carboxylic acids is 4. The van der Waals surface area contributed by atoms with E-state index in [1.165, 1.54) is 212 Å². The van der Waals surface area contributed by atoms with Gasteiger partial charge >= 0.3 is 39.5 Å². The molecule has 0 bridgehead atoms. The van der Waals surface area contributed by atoms with E-state index in [9.17, 15) is 43.2 Å². The predicted molar refractivity (Wildman–Crippen MR) is 418 cm³/mol. The summed E-state index contributed by atoms with van der Waals surface area (Å²) in [7, 11) is -9.93. The lowest BCUT2D eigenvalue weighted by atomic mass is 10.0. The summed E-state index contributed by atoms with van der Waals surface area (Å²) in [5.74, 6) is -0.567. The zero-order valence-electron chi connectivity index (χ0n) is 66.4. The van der Waals surface area contributed by atoms with Gasteiger partial charge < -0.3 is 33.8 Å². The summed E-state index contributed by atoms with van der Waals surface area (Å²) in [5.41, 5.74) is 0. The molecular weight excluding hydrogens is 1330 g/mol. The van der Waals surface area contributed by atoms with E-state index in [0.717, 1.165) is 121 Å². The lowest BCUT2D eigenvalue weighted by Crippen LogP contribution is -2.30. The minimum absolute atomic E-state index is 0.101. The van der Waals surface area contributed by atoms with Crippen LogP contribution in [0, 0.1) is 11.8 Å². The van der Waals surface area contributed by atoms with Gasteiger partial charge in [0.05, 0.1) is 26.4 Å². The van der Waals surface area contributed by atoms with E-state index in [1.807, 2.05) is 0 Å². The number of hydrogen-bond acceptors (Lipinski definition) is 15. The Morgan fingerprint density at radius 1 is 0.304 bits per heavy atom. The number of ether oxygens (including phenoxy) is 4. The van der Waals surface area contributed by atoms with Crippen molar-refractivity contribution in [1.82, 2.24) is 0 Å². The highest BCUT2D eigenvalue weighted by atomic mass is 31.2. The second-order valence-corrected chi connectivity index (χ2v) is 33.0. The minimum Gasteiger partial charge on any atom is -0.462 e. The lowest BCUT2D eigenvalue weighted by Gasteiger charge is -2.21. The fourth-order valence-electron chi connectivity index (χ4n) is 12.3. The van der Waals surface area contributed by atoms with Crippen LogP contribution >= 0.6 is 15.6 Å². The quantitative estimate of drug-likeness (QED) is 0.0169. The zero-order valence-corrected chi connectivity index (χ0v) is 68.2. The van der Waals surface area contributed by atoms with E-state index in [1.54, 1.807) is 0 Å². The van der Waals surface area contributed by atoms with Crippen molar-refractivity contribution in [2.75, 3.05) is 39.6 Å². The molecule has 0 fully saturated rings. The van der Waals surface area contributed by atoms with Crippen LogP contribution in [0.3, 0.4) is 0 Å². The van der Waals surface area contributed by atoms with E-state index in [2.05, 4.69) is 65.8 Å². The third-order valence-corrected chi connectivity index (χ3v) is 20.7. The van der Waals surface area contributed by atoms with Gasteiger partial charge in [-0.3, -0.25) is 37.3 Å². The van der Waals surface area contributed by atoms with Gasteiger partial charge in [0.2, 0.25) is 0 Å². The summed E-state index contributed by atoms with van der Waals surface area (Å²) in [6.07, 6.45) is 67.4. The van der Waals surface area contributed by atoms with Crippen LogP contribution in [0.15, 0.2) is 24.3 Å². The Bertz CT molecular complexity index is 2050. The van der Waals surface area contributed by atoms with Gasteiger partial charge in [-0.05, 0) is 63.2 Å². The maximum Gasteiger partial charge on any atom is 0.472 e. The number of aliphatic hydroxyl groups excluding tert-OH is 1. The van der Waals surface area contributed by atoms with Crippen LogP contribution < -0.4 is 0 Å². The number of hydrogen-bond donors (Lipinski definition) is 3. The monoisotopic (exact) mass is 1490 g/mol. The van der Waals surface area contributed by atoms with Gasteiger partial charge in [-0.15, -0.1) is 0 Å². The summed E-state index contributed by atoms with van der Waals surface area (Å²) >= 11 is 0. The van der Waals surface area contributed by atoms with Gasteiger partial charge in [0.1, 0.15) is 19.3 Å². The van der Waals surface area contributed by atoms with Crippen LogP contribution in [0.4, 0.5) is 0 Å². The molecule has 0 heterocycles. The van der Waals surface area contributed by atoms with Crippen LogP contribution in [0.2, 0.25) is 0 Å². The van der Waals surface area contributed by atoms with Gasteiger partial charge in [-0.25, -0.2) is 9.13 Å². The summed E-state index contributed by atoms with van der Waals surface area (Å²) in [5, 5.41) is 10.7. The zero-order chi connectivity index (χ0) is 74.9. The first-order chi connectivity index (χ1) is 49.4. The van der Waals surface area contributed by atoms with E-state index in [-0.39, 0.29) is 25.7 Å². The SMILES string of the molecule is CCCCCC/C=C\C=C/CCCCCCCC(=O)OC[C@H](COP(=O)(O)OC[C@@H](O)COP(=O)(O)OC[C@@H](COC(=O)CCCCCCCCCCCCCCC)OC(=O)CCCCCCCCCCCCC(C)C)OC(=O)CCCCCCCCCCCCCCCCCCCCC(C)C. The summed E-state index contributed by atoms with van der Waals surface area (Å²) < 4.78 is 68.7. The van der Waals surface area contributed by atoms with Crippen molar-refractivity contribution in [2.24, 2.45) is 11.8 Å². The van der Waals surface area contributed by atoms with Crippen molar-refractivity contribution >= 4 is 39.5 Å². The Labute approximate surface area is 624 Å². The van der Waals surface area contributed by atoms with Gasteiger partial charge in [0.15, 0.2) is 12.2 Å². The molecule has 0 amide bonds. The predicted octanol–water partition coefficient (Wildman–Crippen LogP) is 24.6. The number of phosphoric ester groups is 2. The highest BCUT2D eigenvalue weighted by molar-refractivity contribution is 7.47. The molecule has 0 aliphatic heterocycles. The van der Waals surface area contributed by atoms with Crippen molar-refractivity contribution < 1.29 is 80.2 Å². The largest absolute Gasteiger partial charge is 0.472 e. The number of phosphoric acid groups is 2. The molecule has 0 rings (SSSR count). The average molecular weight is 1490 g/mol. The smallest absolute Gasteiger partial charge is 0.462 e. The maximum atomic E-state index is 13.1. The fourth-order valence-corrected chi connectivity index (χ4v) is 13.9. The number of esters is 4. The topological polar surface area (TPSA) is 237 Å². The van der Waals surface area contributed by atoms with Crippen LogP contribution in [-0.4, -0.2) is 96.7 Å².